The molecule has 0 unspecified atom stereocenters. The predicted octanol–water partition coefficient (Wildman–Crippen LogP) is 2.60. The van der Waals surface area contributed by atoms with Gasteiger partial charge in [-0.1, -0.05) is 6.07 Å². The van der Waals surface area contributed by atoms with Crippen molar-refractivity contribution in [2.24, 2.45) is 0 Å². The highest BCUT2D eigenvalue weighted by atomic mass is 32.1. The van der Waals surface area contributed by atoms with E-state index in [4.69, 9.17) is 17.0 Å². The predicted molar refractivity (Wildman–Crippen MR) is 75.9 cm³/mol. The largest absolute Gasteiger partial charge is 0.494 e. The van der Waals surface area contributed by atoms with E-state index in [1.807, 2.05) is 35.1 Å². The van der Waals surface area contributed by atoms with Crippen molar-refractivity contribution in [3.63, 3.8) is 0 Å². The zero-order valence-corrected chi connectivity index (χ0v) is 11.4. The molecule has 0 atom stereocenters. The van der Waals surface area contributed by atoms with E-state index in [1.165, 1.54) is 0 Å². The minimum absolute atomic E-state index is 0.701. The lowest BCUT2D eigenvalue weighted by molar-refractivity contribution is 0.419. The summed E-state index contributed by atoms with van der Waals surface area (Å²) in [6.07, 6.45) is 3.72. The molecule has 0 saturated carbocycles. The molecule has 6 heteroatoms. The van der Waals surface area contributed by atoms with Crippen LogP contribution in [0.4, 0.5) is 0 Å². The average molecular weight is 274 g/mol. The molecule has 0 spiro atoms. The van der Waals surface area contributed by atoms with Crippen LogP contribution in [0, 0.1) is 4.77 Å². The van der Waals surface area contributed by atoms with Crippen LogP contribution in [0.15, 0.2) is 36.7 Å². The Morgan fingerprint density at radius 2 is 2.21 bits per heavy atom. The summed E-state index contributed by atoms with van der Waals surface area (Å²) in [7, 11) is 1.66. The number of nitrogens with zero attached hydrogens (tertiary/aromatic N) is 3. The molecule has 2 aromatic heterocycles. The van der Waals surface area contributed by atoms with Crippen molar-refractivity contribution in [2.75, 3.05) is 7.11 Å². The molecular weight excluding hydrogens is 260 g/mol. The summed E-state index contributed by atoms with van der Waals surface area (Å²) in [5, 5.41) is 4.19. The third-order valence-corrected chi connectivity index (χ3v) is 3.43. The summed E-state index contributed by atoms with van der Waals surface area (Å²) in [6.45, 7) is 1.55. The molecule has 1 N–H and O–H groups in total. The second-order valence-corrected chi connectivity index (χ2v) is 4.59. The molecule has 0 amide bonds. The Hall–Kier alpha value is -2.08. The molecule has 0 aliphatic rings. The maximum absolute atomic E-state index is 5.38. The van der Waals surface area contributed by atoms with E-state index in [0.29, 0.717) is 4.77 Å². The molecule has 1 aromatic carbocycles. The van der Waals surface area contributed by atoms with Crippen LogP contribution in [-0.4, -0.2) is 26.4 Å². The normalized spacial score (nSPS) is 11.0. The van der Waals surface area contributed by atoms with Gasteiger partial charge in [0.1, 0.15) is 11.3 Å². The molecule has 0 saturated heterocycles. The first-order valence-electron chi connectivity index (χ1n) is 6.02. The van der Waals surface area contributed by atoms with E-state index in [1.54, 1.807) is 13.3 Å². The Balaban J connectivity index is 1.99. The lowest BCUT2D eigenvalue weighted by atomic mass is 10.3. The Labute approximate surface area is 115 Å². The van der Waals surface area contributed by atoms with Gasteiger partial charge in [0.15, 0.2) is 4.77 Å². The maximum atomic E-state index is 5.38. The van der Waals surface area contributed by atoms with Gasteiger partial charge in [-0.3, -0.25) is 4.68 Å². The minimum Gasteiger partial charge on any atom is -0.494 e. The number of methoxy groups -OCH3 is 1. The van der Waals surface area contributed by atoms with E-state index in [-0.39, 0.29) is 0 Å². The lowest BCUT2D eigenvalue weighted by Gasteiger charge is -2.05. The van der Waals surface area contributed by atoms with Crippen LogP contribution in [-0.2, 0) is 13.1 Å². The first-order chi connectivity index (χ1) is 9.29. The molecule has 2 heterocycles. The summed E-state index contributed by atoms with van der Waals surface area (Å²) in [6, 6.07) is 7.84. The van der Waals surface area contributed by atoms with Crippen molar-refractivity contribution < 1.29 is 4.74 Å². The number of hydrogen-bond acceptors (Lipinski definition) is 3. The standard InChI is InChI=1S/C13H14N4OS/c1-18-11-5-2-4-10-12(11)15-13(19)17(10)9-8-16-7-3-6-14-16/h2-7H,8-9H2,1H3,(H,15,19). The first-order valence-corrected chi connectivity index (χ1v) is 6.43. The fourth-order valence-corrected chi connectivity index (χ4v) is 2.47. The first kappa shape index (κ1) is 12.0. The summed E-state index contributed by atoms with van der Waals surface area (Å²) in [5.74, 6) is 0.807. The number of imidazole rings is 1. The van der Waals surface area contributed by atoms with E-state index < -0.39 is 0 Å². The number of para-hydroxylation sites is 1. The molecule has 3 aromatic rings. The number of ether oxygens (including phenoxy) is 1. The van der Waals surface area contributed by atoms with Crippen molar-refractivity contribution in [1.82, 2.24) is 19.3 Å². The van der Waals surface area contributed by atoms with Gasteiger partial charge in [0, 0.05) is 18.9 Å². The molecule has 5 nitrogen and oxygen atoms in total. The van der Waals surface area contributed by atoms with Crippen molar-refractivity contribution >= 4 is 23.3 Å². The van der Waals surface area contributed by atoms with Crippen LogP contribution >= 0.6 is 12.2 Å². The zero-order chi connectivity index (χ0) is 13.2. The van der Waals surface area contributed by atoms with Crippen molar-refractivity contribution in [2.45, 2.75) is 13.1 Å². The fraction of sp³-hybridized carbons (Fsp3) is 0.231. The Kier molecular flexibility index (Phi) is 3.08. The molecule has 0 bridgehead atoms. The highest BCUT2D eigenvalue weighted by Crippen LogP contribution is 2.24. The number of aromatic amines is 1. The Morgan fingerprint density at radius 3 is 2.95 bits per heavy atom. The molecule has 3 rings (SSSR count). The van der Waals surface area contributed by atoms with Crippen molar-refractivity contribution in [3.05, 3.63) is 41.4 Å². The van der Waals surface area contributed by atoms with E-state index in [0.717, 1.165) is 29.9 Å². The molecule has 0 radical (unpaired) electrons. The number of rotatable bonds is 4. The van der Waals surface area contributed by atoms with Crippen LogP contribution in [0.1, 0.15) is 0 Å². The van der Waals surface area contributed by atoms with E-state index in [9.17, 15) is 0 Å². The van der Waals surface area contributed by atoms with Crippen LogP contribution < -0.4 is 4.74 Å². The minimum atomic E-state index is 0.701. The number of H-pyrrole nitrogens is 1. The molecule has 0 aliphatic carbocycles. The summed E-state index contributed by atoms with van der Waals surface area (Å²) in [5.41, 5.74) is 1.99. The quantitative estimate of drug-likeness (QED) is 0.744. The van der Waals surface area contributed by atoms with Gasteiger partial charge in [0.2, 0.25) is 0 Å². The van der Waals surface area contributed by atoms with Crippen molar-refractivity contribution in [1.29, 1.82) is 0 Å². The average Bonchev–Trinajstić information content (AvgIpc) is 3.03. The summed E-state index contributed by atoms with van der Waals surface area (Å²) >= 11 is 5.38. The van der Waals surface area contributed by atoms with Crippen LogP contribution in [0.2, 0.25) is 0 Å². The van der Waals surface area contributed by atoms with Gasteiger partial charge in [0.25, 0.3) is 0 Å². The number of aryl methyl sites for hydroxylation is 2. The smallest absolute Gasteiger partial charge is 0.178 e. The molecule has 98 valence electrons. The van der Waals surface area contributed by atoms with Gasteiger partial charge in [-0.05, 0) is 30.4 Å². The third-order valence-electron chi connectivity index (χ3n) is 3.10. The SMILES string of the molecule is COc1cccc2c1[nH]c(=S)n2CCn1cccn1. The second kappa shape index (κ2) is 4.89. The van der Waals surface area contributed by atoms with E-state index in [2.05, 4.69) is 14.6 Å². The number of hydrogen-bond donors (Lipinski definition) is 1. The second-order valence-electron chi connectivity index (χ2n) is 4.21. The van der Waals surface area contributed by atoms with Gasteiger partial charge >= 0.3 is 0 Å². The molecule has 19 heavy (non-hydrogen) atoms. The highest BCUT2D eigenvalue weighted by Gasteiger charge is 2.08. The van der Waals surface area contributed by atoms with Gasteiger partial charge in [0.05, 0.1) is 19.2 Å². The maximum Gasteiger partial charge on any atom is 0.178 e. The topological polar surface area (TPSA) is 47.8 Å². The molecule has 0 fully saturated rings. The summed E-state index contributed by atoms with van der Waals surface area (Å²) in [4.78, 5) is 3.20. The van der Waals surface area contributed by atoms with Gasteiger partial charge in [-0.15, -0.1) is 0 Å². The van der Waals surface area contributed by atoms with E-state index >= 15 is 0 Å². The number of aromatic nitrogens is 4. The van der Waals surface area contributed by atoms with Crippen molar-refractivity contribution in [3.8, 4) is 5.75 Å². The molecule has 0 aliphatic heterocycles. The molecular formula is C13H14N4OS. The monoisotopic (exact) mass is 274 g/mol. The zero-order valence-electron chi connectivity index (χ0n) is 10.5. The van der Waals surface area contributed by atoms with Gasteiger partial charge < -0.3 is 14.3 Å². The van der Waals surface area contributed by atoms with Crippen LogP contribution in [0.25, 0.3) is 11.0 Å². The highest BCUT2D eigenvalue weighted by molar-refractivity contribution is 7.71. The van der Waals surface area contributed by atoms with Gasteiger partial charge in [-0.25, -0.2) is 0 Å². The number of benzene rings is 1. The van der Waals surface area contributed by atoms with Gasteiger partial charge in [-0.2, -0.15) is 5.10 Å². The van der Waals surface area contributed by atoms with Crippen LogP contribution in [0.5, 0.6) is 5.75 Å². The van der Waals surface area contributed by atoms with Crippen LogP contribution in [0.3, 0.4) is 0 Å². The number of fused-ring (bicyclic) bond motifs is 1. The third kappa shape index (κ3) is 2.15. The Morgan fingerprint density at radius 1 is 1.32 bits per heavy atom. The fourth-order valence-electron chi connectivity index (χ4n) is 2.18. The Bertz CT molecular complexity index is 742. The summed E-state index contributed by atoms with van der Waals surface area (Å²) < 4.78 is 9.99. The number of nitrogens with one attached hydrogen (secondary N) is 1. The lowest BCUT2D eigenvalue weighted by Crippen LogP contribution is -2.07.